The highest BCUT2D eigenvalue weighted by molar-refractivity contribution is 9.10. The summed E-state index contributed by atoms with van der Waals surface area (Å²) < 4.78 is 2.97. The third-order valence-electron chi connectivity index (χ3n) is 4.48. The minimum atomic E-state index is -0.439. The van der Waals surface area contributed by atoms with E-state index in [9.17, 15) is 9.59 Å². The van der Waals surface area contributed by atoms with Crippen molar-refractivity contribution < 1.29 is 9.59 Å². The summed E-state index contributed by atoms with van der Waals surface area (Å²) in [5.74, 6) is -0.106. The number of fused-ring (bicyclic) bond motifs is 1. The minimum absolute atomic E-state index is 0.256. The third-order valence-corrected chi connectivity index (χ3v) is 5.73. The second kappa shape index (κ2) is 8.29. The summed E-state index contributed by atoms with van der Waals surface area (Å²) in [5.41, 5.74) is 2.40. The second-order valence-electron chi connectivity index (χ2n) is 6.49. The molecule has 0 saturated carbocycles. The lowest BCUT2D eigenvalue weighted by atomic mass is 10.1. The Kier molecular flexibility index (Phi) is 5.73. The summed E-state index contributed by atoms with van der Waals surface area (Å²) in [6.45, 7) is 1.81. The number of aryl methyl sites for hydroxylation is 1. The van der Waals surface area contributed by atoms with Crippen LogP contribution in [0.4, 0.5) is 5.69 Å². The highest BCUT2D eigenvalue weighted by Crippen LogP contribution is 2.30. The molecule has 0 radical (unpaired) electrons. The lowest BCUT2D eigenvalue weighted by molar-refractivity contribution is 0.102. The first-order valence-electron chi connectivity index (χ1n) is 8.75. The fourth-order valence-electron chi connectivity index (χ4n) is 3.17. The van der Waals surface area contributed by atoms with E-state index < -0.39 is 5.91 Å². The molecule has 1 amide bonds. The van der Waals surface area contributed by atoms with E-state index in [1.165, 1.54) is 4.68 Å². The Morgan fingerprint density at radius 3 is 2.70 bits per heavy atom. The zero-order chi connectivity index (χ0) is 21.4. The van der Waals surface area contributed by atoms with Crippen molar-refractivity contribution in [2.24, 2.45) is 0 Å². The number of carbonyl (C=O) groups excluding carboxylic acids is 2. The maximum atomic E-state index is 13.4. The Balaban J connectivity index is 1.91. The molecule has 0 saturated heterocycles. The first-order chi connectivity index (χ1) is 14.4. The number of halogens is 3. The molecule has 0 bridgehead atoms. The Morgan fingerprint density at radius 2 is 1.97 bits per heavy atom. The van der Waals surface area contributed by atoms with Crippen molar-refractivity contribution in [1.82, 2.24) is 14.8 Å². The molecule has 1 N–H and O–H groups in total. The summed E-state index contributed by atoms with van der Waals surface area (Å²) in [6.07, 6.45) is 2.28. The molecule has 0 aliphatic rings. The smallest absolute Gasteiger partial charge is 0.275 e. The third kappa shape index (κ3) is 3.78. The number of aromatic nitrogens is 3. The van der Waals surface area contributed by atoms with Gasteiger partial charge in [-0.15, -0.1) is 0 Å². The molecule has 0 spiro atoms. The second-order valence-corrected chi connectivity index (χ2v) is 8.73. The van der Waals surface area contributed by atoms with E-state index in [1.807, 2.05) is 19.1 Å². The number of aldehydes is 1. The molecule has 2 aromatic heterocycles. The van der Waals surface area contributed by atoms with E-state index >= 15 is 0 Å². The highest BCUT2D eigenvalue weighted by atomic mass is 79.9. The minimum Gasteiger partial charge on any atom is -0.320 e. The number of nitrogens with one attached hydrogen (secondary N) is 1. The first-order valence-corrected chi connectivity index (χ1v) is 10.7. The van der Waals surface area contributed by atoms with Crippen LogP contribution in [0.5, 0.6) is 0 Å². The Morgan fingerprint density at radius 1 is 1.17 bits per heavy atom. The number of hydrogen-bond donors (Lipinski definition) is 1. The van der Waals surface area contributed by atoms with Crippen molar-refractivity contribution >= 4 is 72.2 Å². The summed E-state index contributed by atoms with van der Waals surface area (Å²) in [6, 6.07) is 12.3. The molecule has 4 aromatic rings. The van der Waals surface area contributed by atoms with E-state index in [2.05, 4.69) is 47.3 Å². The largest absolute Gasteiger partial charge is 0.320 e. The number of rotatable bonds is 4. The molecule has 6 nitrogen and oxygen atoms in total. The lowest BCUT2D eigenvalue weighted by Gasteiger charge is -2.13. The molecular weight excluding hydrogens is 536 g/mol. The molecule has 0 aliphatic carbocycles. The van der Waals surface area contributed by atoms with E-state index in [4.69, 9.17) is 11.6 Å². The maximum absolute atomic E-state index is 13.4. The number of carbonyl (C=O) groups is 2. The summed E-state index contributed by atoms with van der Waals surface area (Å²) in [5, 5.41) is 8.37. The van der Waals surface area contributed by atoms with Crippen molar-refractivity contribution in [3.63, 3.8) is 0 Å². The number of nitrogens with zero attached hydrogens (tertiary/aromatic N) is 3. The average Bonchev–Trinajstić information content (AvgIpc) is 3.08. The molecule has 4 rings (SSSR count). The Hall–Kier alpha value is -2.55. The van der Waals surface area contributed by atoms with Crippen molar-refractivity contribution in [2.45, 2.75) is 6.92 Å². The number of pyridine rings is 1. The van der Waals surface area contributed by atoms with Crippen molar-refractivity contribution in [2.75, 3.05) is 5.32 Å². The standard InChI is InChI=1S/C21H13Br2ClN4O2/c1-11-7-14(23)8-12(10-29)18(11)26-21(30)19-15-9-13(22)4-5-17(15)27-28(19)20-16(24)3-2-6-25-20/h2-10H,1H3,(H,26,30). The van der Waals surface area contributed by atoms with Crippen LogP contribution >= 0.6 is 43.5 Å². The SMILES string of the molecule is Cc1cc(Br)cc(C=O)c1NC(=O)c1c2cc(Br)ccc2nn1-c1ncccc1Cl. The molecule has 0 fully saturated rings. The van der Waals surface area contributed by atoms with Gasteiger partial charge in [-0.25, -0.2) is 9.67 Å². The molecule has 2 heterocycles. The fourth-order valence-corrected chi connectivity index (χ4v) is 4.32. The number of anilines is 1. The molecule has 2 aromatic carbocycles. The number of amides is 1. The van der Waals surface area contributed by atoms with Crippen molar-refractivity contribution in [1.29, 1.82) is 0 Å². The van der Waals surface area contributed by atoms with Gasteiger partial charge >= 0.3 is 0 Å². The van der Waals surface area contributed by atoms with Gasteiger partial charge in [-0.2, -0.15) is 5.10 Å². The predicted molar refractivity (Wildman–Crippen MR) is 124 cm³/mol. The van der Waals surface area contributed by atoms with Gasteiger partial charge in [0, 0.05) is 26.1 Å². The predicted octanol–water partition coefficient (Wildman–Crippen LogP) is 5.97. The zero-order valence-electron chi connectivity index (χ0n) is 15.5. The van der Waals surface area contributed by atoms with Crippen molar-refractivity contribution in [3.05, 3.63) is 79.5 Å². The quantitative estimate of drug-likeness (QED) is 0.319. The van der Waals surface area contributed by atoms with Gasteiger partial charge in [0.1, 0.15) is 5.69 Å². The van der Waals surface area contributed by atoms with Gasteiger partial charge in [-0.1, -0.05) is 43.5 Å². The van der Waals surface area contributed by atoms with E-state index in [-0.39, 0.29) is 5.69 Å². The van der Waals surface area contributed by atoms with Crippen LogP contribution in [-0.4, -0.2) is 27.0 Å². The van der Waals surface area contributed by atoms with Gasteiger partial charge < -0.3 is 5.32 Å². The number of hydrogen-bond acceptors (Lipinski definition) is 4. The van der Waals surface area contributed by atoms with E-state index in [0.29, 0.717) is 39.3 Å². The Bertz CT molecular complexity index is 1320. The topological polar surface area (TPSA) is 76.9 Å². The van der Waals surface area contributed by atoms with E-state index in [0.717, 1.165) is 14.5 Å². The van der Waals surface area contributed by atoms with Crippen LogP contribution in [0, 0.1) is 6.92 Å². The van der Waals surface area contributed by atoms with E-state index in [1.54, 1.807) is 36.5 Å². The number of benzene rings is 2. The normalized spacial score (nSPS) is 10.9. The monoisotopic (exact) mass is 546 g/mol. The fraction of sp³-hybridized carbons (Fsp3) is 0.0476. The highest BCUT2D eigenvalue weighted by Gasteiger charge is 2.23. The van der Waals surface area contributed by atoms with Gasteiger partial charge in [0.25, 0.3) is 5.91 Å². The van der Waals surface area contributed by atoms with Crippen LogP contribution < -0.4 is 5.32 Å². The van der Waals surface area contributed by atoms with Crippen LogP contribution in [0.1, 0.15) is 26.4 Å². The molecule has 150 valence electrons. The molecule has 9 heteroatoms. The molecule has 0 unspecified atom stereocenters. The van der Waals surface area contributed by atoms with Crippen molar-refractivity contribution in [3.8, 4) is 5.82 Å². The van der Waals surface area contributed by atoms with Crippen LogP contribution in [-0.2, 0) is 0 Å². The van der Waals surface area contributed by atoms with Crippen LogP contribution in [0.15, 0.2) is 57.6 Å². The van der Waals surface area contributed by atoms with Gasteiger partial charge in [0.2, 0.25) is 0 Å². The van der Waals surface area contributed by atoms with Gasteiger partial charge in [-0.05, 0) is 55.0 Å². The van der Waals surface area contributed by atoms with Crippen LogP contribution in [0.2, 0.25) is 5.02 Å². The average molecular weight is 549 g/mol. The molecular formula is C21H13Br2ClN4O2. The molecule has 30 heavy (non-hydrogen) atoms. The van der Waals surface area contributed by atoms with Gasteiger partial charge in [-0.3, -0.25) is 9.59 Å². The molecule has 0 atom stereocenters. The van der Waals surface area contributed by atoms with Gasteiger partial charge in [0.05, 0.1) is 16.2 Å². The van der Waals surface area contributed by atoms with Crippen LogP contribution in [0.25, 0.3) is 16.7 Å². The van der Waals surface area contributed by atoms with Gasteiger partial charge in [0.15, 0.2) is 12.1 Å². The molecule has 0 aliphatic heterocycles. The summed E-state index contributed by atoms with van der Waals surface area (Å²) in [4.78, 5) is 29.3. The first kappa shape index (κ1) is 20.7. The Labute approximate surface area is 193 Å². The lowest BCUT2D eigenvalue weighted by Crippen LogP contribution is -2.19. The summed E-state index contributed by atoms with van der Waals surface area (Å²) in [7, 11) is 0. The maximum Gasteiger partial charge on any atom is 0.275 e. The van der Waals surface area contributed by atoms with Crippen LogP contribution in [0.3, 0.4) is 0 Å². The zero-order valence-corrected chi connectivity index (χ0v) is 19.4. The summed E-state index contributed by atoms with van der Waals surface area (Å²) >= 11 is 13.1.